The molecule has 3 aromatic rings. The summed E-state index contributed by atoms with van der Waals surface area (Å²) in [5.74, 6) is 0.705. The van der Waals surface area contributed by atoms with E-state index in [1.165, 1.54) is 5.52 Å². The molecule has 3 rings (SSSR count). The van der Waals surface area contributed by atoms with Gasteiger partial charge in [-0.15, -0.1) is 4.68 Å². The molecular weight excluding hydrogens is 367 g/mol. The predicted molar refractivity (Wildman–Crippen MR) is 84.5 cm³/mol. The predicted octanol–water partition coefficient (Wildman–Crippen LogP) is 3.01. The second kappa shape index (κ2) is 5.31. The van der Waals surface area contributed by atoms with Crippen LogP contribution < -0.4 is 4.57 Å². The van der Waals surface area contributed by atoms with Gasteiger partial charge in [-0.1, -0.05) is 45.9 Å². The van der Waals surface area contributed by atoms with Crippen LogP contribution >= 0.6 is 22.6 Å². The van der Waals surface area contributed by atoms with Crippen molar-refractivity contribution in [1.29, 1.82) is 0 Å². The monoisotopic (exact) mass is 381 g/mol. The fourth-order valence-corrected chi connectivity index (χ4v) is 2.69. The van der Waals surface area contributed by atoms with Gasteiger partial charge < -0.3 is 4.57 Å². The molecule has 20 heavy (non-hydrogen) atoms. The van der Waals surface area contributed by atoms with E-state index in [1.54, 1.807) is 11.0 Å². The molecule has 0 saturated carbocycles. The van der Waals surface area contributed by atoms with Crippen molar-refractivity contribution in [3.05, 3.63) is 36.8 Å². The van der Waals surface area contributed by atoms with Gasteiger partial charge in [-0.05, 0) is 11.2 Å². The van der Waals surface area contributed by atoms with Gasteiger partial charge in [0.1, 0.15) is 5.69 Å². The lowest BCUT2D eigenvalue weighted by atomic mass is 10.2. The Morgan fingerprint density at radius 3 is 2.80 bits per heavy atom. The number of rotatable bonds is 3. The number of azo groups is 1. The Labute approximate surface area is 129 Å². The molecule has 6 nitrogen and oxygen atoms in total. The fourth-order valence-electron chi connectivity index (χ4n) is 2.13. The van der Waals surface area contributed by atoms with Crippen LogP contribution in [-0.2, 0) is 18.6 Å². The first-order chi connectivity index (χ1) is 9.70. The second-order valence-electron chi connectivity index (χ2n) is 4.49. The van der Waals surface area contributed by atoms with Crippen molar-refractivity contribution in [2.75, 3.05) is 0 Å². The van der Waals surface area contributed by atoms with Gasteiger partial charge in [-0.2, -0.15) is 0 Å². The van der Waals surface area contributed by atoms with Gasteiger partial charge in [0.25, 0.3) is 0 Å². The fraction of sp³-hybridized carbons (Fsp3) is 0.231. The number of aryl methyl sites for hydroxylation is 2. The molecule has 2 aromatic heterocycles. The number of hydrogen-bond acceptors (Lipinski definition) is 3. The standard InChI is InChI=1S/C13H14IN6/c1-18-9-15-19(2)13(18)17-16-11-7-20(8-14)12-6-4-3-5-10(11)12/h3-7,9H,8H2,1-2H3/q+1. The number of para-hydroxylation sites is 1. The van der Waals surface area contributed by atoms with Crippen LogP contribution in [0.25, 0.3) is 10.9 Å². The number of aromatic nitrogens is 4. The average Bonchev–Trinajstić information content (AvgIpc) is 2.98. The molecule has 102 valence electrons. The van der Waals surface area contributed by atoms with Crippen molar-refractivity contribution in [3.63, 3.8) is 0 Å². The van der Waals surface area contributed by atoms with Crippen LogP contribution in [0.1, 0.15) is 0 Å². The number of nitrogens with zero attached hydrogens (tertiary/aromatic N) is 6. The van der Waals surface area contributed by atoms with Gasteiger partial charge in [-0.3, -0.25) is 0 Å². The highest BCUT2D eigenvalue weighted by Gasteiger charge is 2.13. The van der Waals surface area contributed by atoms with E-state index >= 15 is 0 Å². The number of benzene rings is 1. The lowest BCUT2D eigenvalue weighted by Gasteiger charge is -1.96. The van der Waals surface area contributed by atoms with E-state index in [2.05, 4.69) is 54.6 Å². The first kappa shape index (κ1) is 13.2. The van der Waals surface area contributed by atoms with Crippen LogP contribution in [0, 0.1) is 0 Å². The van der Waals surface area contributed by atoms with Crippen molar-refractivity contribution < 1.29 is 4.57 Å². The van der Waals surface area contributed by atoms with E-state index in [-0.39, 0.29) is 0 Å². The van der Waals surface area contributed by atoms with Crippen molar-refractivity contribution in [3.8, 4) is 0 Å². The number of alkyl halides is 1. The molecule has 0 radical (unpaired) electrons. The van der Waals surface area contributed by atoms with Gasteiger partial charge in [0.05, 0.1) is 24.2 Å². The minimum atomic E-state index is 0.705. The molecule has 0 fully saturated rings. The van der Waals surface area contributed by atoms with Crippen LogP contribution in [-0.4, -0.2) is 14.3 Å². The van der Waals surface area contributed by atoms with Crippen LogP contribution in [0.15, 0.2) is 47.0 Å². The van der Waals surface area contributed by atoms with E-state index in [4.69, 9.17) is 0 Å². The summed E-state index contributed by atoms with van der Waals surface area (Å²) >= 11 is 2.34. The highest BCUT2D eigenvalue weighted by molar-refractivity contribution is 14.1. The summed E-state index contributed by atoms with van der Waals surface area (Å²) in [6, 6.07) is 8.21. The molecule has 1 aromatic carbocycles. The van der Waals surface area contributed by atoms with E-state index in [0.717, 1.165) is 15.6 Å². The minimum Gasteiger partial charge on any atom is -0.335 e. The maximum Gasteiger partial charge on any atom is 0.403 e. The molecule has 0 N–H and O–H groups in total. The molecule has 7 heteroatoms. The van der Waals surface area contributed by atoms with Crippen molar-refractivity contribution in [1.82, 2.24) is 14.3 Å². The van der Waals surface area contributed by atoms with Crippen LogP contribution in [0.4, 0.5) is 11.6 Å². The lowest BCUT2D eigenvalue weighted by molar-refractivity contribution is -0.659. The Kier molecular flexibility index (Phi) is 3.51. The zero-order chi connectivity index (χ0) is 14.1. The third kappa shape index (κ3) is 2.21. The van der Waals surface area contributed by atoms with Crippen molar-refractivity contribution >= 4 is 45.1 Å². The molecule has 2 heterocycles. The third-order valence-corrected chi connectivity index (χ3v) is 3.88. The topological polar surface area (TPSA) is 51.4 Å². The maximum atomic E-state index is 4.39. The van der Waals surface area contributed by atoms with E-state index in [0.29, 0.717) is 5.95 Å². The maximum absolute atomic E-state index is 4.39. The number of fused-ring (bicyclic) bond motifs is 1. The molecule has 0 spiro atoms. The van der Waals surface area contributed by atoms with Gasteiger partial charge in [0.2, 0.25) is 6.33 Å². The Morgan fingerprint density at radius 1 is 1.30 bits per heavy atom. The molecule has 0 aliphatic carbocycles. The Morgan fingerprint density at radius 2 is 2.10 bits per heavy atom. The van der Waals surface area contributed by atoms with Crippen molar-refractivity contribution in [2.24, 2.45) is 24.3 Å². The first-order valence-corrected chi connectivity index (χ1v) is 7.66. The summed E-state index contributed by atoms with van der Waals surface area (Å²) in [4.78, 5) is 0. The Bertz CT molecular complexity index is 766. The zero-order valence-corrected chi connectivity index (χ0v) is 13.4. The summed E-state index contributed by atoms with van der Waals surface area (Å²) in [5.41, 5.74) is 2.05. The average molecular weight is 381 g/mol. The molecule has 0 amide bonds. The van der Waals surface area contributed by atoms with Gasteiger partial charge >= 0.3 is 5.95 Å². The summed E-state index contributed by atoms with van der Waals surface area (Å²) < 4.78 is 6.57. The van der Waals surface area contributed by atoms with Crippen LogP contribution in [0.5, 0.6) is 0 Å². The molecule has 0 saturated heterocycles. The quantitative estimate of drug-likeness (QED) is 0.298. The summed E-state index contributed by atoms with van der Waals surface area (Å²) in [7, 11) is 3.75. The molecule has 0 bridgehead atoms. The lowest BCUT2D eigenvalue weighted by Crippen LogP contribution is -2.25. The normalized spacial score (nSPS) is 11.8. The Balaban J connectivity index is 2.07. The summed E-state index contributed by atoms with van der Waals surface area (Å²) in [6.45, 7) is 0. The number of hydrogen-bond donors (Lipinski definition) is 0. The highest BCUT2D eigenvalue weighted by Crippen LogP contribution is 2.29. The second-order valence-corrected chi connectivity index (χ2v) is 5.17. The first-order valence-electron chi connectivity index (χ1n) is 6.14. The van der Waals surface area contributed by atoms with Crippen LogP contribution in [0.3, 0.4) is 0 Å². The summed E-state index contributed by atoms with van der Waals surface area (Å²) in [6.07, 6.45) is 3.74. The van der Waals surface area contributed by atoms with Crippen molar-refractivity contribution in [2.45, 2.75) is 4.55 Å². The van der Waals surface area contributed by atoms with Crippen LogP contribution in [0.2, 0.25) is 0 Å². The molecule has 0 aliphatic rings. The largest absolute Gasteiger partial charge is 0.403 e. The van der Waals surface area contributed by atoms with E-state index in [1.807, 2.05) is 37.0 Å². The van der Waals surface area contributed by atoms with Gasteiger partial charge in [0, 0.05) is 16.7 Å². The minimum absolute atomic E-state index is 0.705. The Hall–Kier alpha value is -1.77. The third-order valence-electron chi connectivity index (χ3n) is 3.15. The number of halogens is 1. The summed E-state index contributed by atoms with van der Waals surface area (Å²) in [5, 5.41) is 13.9. The zero-order valence-electron chi connectivity index (χ0n) is 11.2. The molecule has 0 atom stereocenters. The van der Waals surface area contributed by atoms with E-state index in [9.17, 15) is 0 Å². The van der Waals surface area contributed by atoms with Gasteiger partial charge in [0.15, 0.2) is 0 Å². The smallest absolute Gasteiger partial charge is 0.335 e. The molecule has 0 unspecified atom stereocenters. The van der Waals surface area contributed by atoms with E-state index < -0.39 is 0 Å². The molecular formula is C13H14IN6+. The van der Waals surface area contributed by atoms with Gasteiger partial charge in [-0.25, -0.2) is 4.57 Å². The SMILES string of the molecule is Cn1nc[n+](C)c1N=Nc1cn(CI)c2ccccc12. The molecule has 0 aliphatic heterocycles. The highest BCUT2D eigenvalue weighted by atomic mass is 127.